The van der Waals surface area contributed by atoms with Crippen molar-refractivity contribution in [3.63, 3.8) is 0 Å². The van der Waals surface area contributed by atoms with Gasteiger partial charge in [-0.1, -0.05) is 0 Å². The van der Waals surface area contributed by atoms with Gasteiger partial charge in [-0.2, -0.15) is 0 Å². The molecule has 1 aliphatic rings. The fourth-order valence-corrected chi connectivity index (χ4v) is 1.61. The third-order valence-corrected chi connectivity index (χ3v) is 2.59. The van der Waals surface area contributed by atoms with Crippen molar-refractivity contribution < 1.29 is 19.1 Å². The molecule has 0 spiro atoms. The Labute approximate surface area is 93.9 Å². The van der Waals surface area contributed by atoms with Crippen LogP contribution in [0.4, 0.5) is 0 Å². The molecule has 2 atom stereocenters. The maximum Gasteiger partial charge on any atom is 0.323 e. The molecular formula is C10H16N2O4. The molecular weight excluding hydrogens is 212 g/mol. The fraction of sp³-hybridized carbons (Fsp3) is 0.700. The molecule has 1 fully saturated rings. The van der Waals surface area contributed by atoms with E-state index in [1.165, 1.54) is 4.90 Å². The lowest BCUT2D eigenvalue weighted by Gasteiger charge is -2.34. The van der Waals surface area contributed by atoms with Crippen LogP contribution in [-0.2, 0) is 19.1 Å². The minimum atomic E-state index is -0.593. The monoisotopic (exact) mass is 228 g/mol. The van der Waals surface area contributed by atoms with Gasteiger partial charge in [0.15, 0.2) is 0 Å². The van der Waals surface area contributed by atoms with Gasteiger partial charge in [0.25, 0.3) is 0 Å². The second-order valence-electron chi connectivity index (χ2n) is 3.69. The van der Waals surface area contributed by atoms with Crippen molar-refractivity contribution in [2.45, 2.75) is 32.9 Å². The summed E-state index contributed by atoms with van der Waals surface area (Å²) >= 11 is 0. The number of hydrogen-bond acceptors (Lipinski definition) is 5. The van der Waals surface area contributed by atoms with Gasteiger partial charge in [0.05, 0.1) is 19.2 Å². The van der Waals surface area contributed by atoms with Crippen molar-refractivity contribution in [3.8, 4) is 0 Å². The summed E-state index contributed by atoms with van der Waals surface area (Å²) in [6.45, 7) is 5.30. The van der Waals surface area contributed by atoms with Crippen LogP contribution in [0.2, 0.25) is 0 Å². The number of carbonyl (C=O) groups is 3. The first-order valence-electron chi connectivity index (χ1n) is 5.23. The van der Waals surface area contributed by atoms with E-state index in [-0.39, 0.29) is 25.0 Å². The normalized spacial score (nSPS) is 23.8. The largest absolute Gasteiger partial charge is 0.465 e. The molecule has 2 amide bonds. The highest BCUT2D eigenvalue weighted by molar-refractivity contribution is 6.01. The Morgan fingerprint density at radius 2 is 2.25 bits per heavy atom. The first kappa shape index (κ1) is 12.6. The maximum absolute atomic E-state index is 11.5. The van der Waals surface area contributed by atoms with E-state index in [1.54, 1.807) is 20.8 Å². The van der Waals surface area contributed by atoms with Gasteiger partial charge in [0, 0.05) is 0 Å². The van der Waals surface area contributed by atoms with Crippen LogP contribution in [-0.4, -0.2) is 47.9 Å². The van der Waals surface area contributed by atoms with Crippen molar-refractivity contribution in [2.75, 3.05) is 13.2 Å². The summed E-state index contributed by atoms with van der Waals surface area (Å²) in [5.74, 6) is -1.19. The van der Waals surface area contributed by atoms with Crippen LogP contribution < -0.4 is 5.32 Å². The van der Waals surface area contributed by atoms with Gasteiger partial charge in [-0.05, 0) is 20.8 Å². The molecule has 1 heterocycles. The van der Waals surface area contributed by atoms with Crippen molar-refractivity contribution >= 4 is 17.8 Å². The lowest BCUT2D eigenvalue weighted by atomic mass is 10.1. The number of esters is 1. The van der Waals surface area contributed by atoms with Gasteiger partial charge in [0.1, 0.15) is 6.04 Å². The molecule has 0 aromatic carbocycles. The number of rotatable bonds is 3. The van der Waals surface area contributed by atoms with E-state index in [2.05, 4.69) is 5.32 Å². The SMILES string of the molecule is CCOC(=O)C(C)N1CC(=O)NC(=O)C1C. The molecule has 6 nitrogen and oxygen atoms in total. The number of carbonyl (C=O) groups excluding carboxylic acids is 3. The average molecular weight is 228 g/mol. The fourth-order valence-electron chi connectivity index (χ4n) is 1.61. The van der Waals surface area contributed by atoms with E-state index in [0.717, 1.165) is 0 Å². The highest BCUT2D eigenvalue weighted by atomic mass is 16.5. The van der Waals surface area contributed by atoms with E-state index < -0.39 is 18.1 Å². The Hall–Kier alpha value is -1.43. The maximum atomic E-state index is 11.5. The number of imide groups is 1. The minimum absolute atomic E-state index is 0.0346. The van der Waals surface area contributed by atoms with Crippen LogP contribution in [0, 0.1) is 0 Å². The minimum Gasteiger partial charge on any atom is -0.465 e. The van der Waals surface area contributed by atoms with E-state index >= 15 is 0 Å². The number of piperazine rings is 1. The first-order valence-corrected chi connectivity index (χ1v) is 5.23. The average Bonchev–Trinajstić information content (AvgIpc) is 2.22. The summed E-state index contributed by atoms with van der Waals surface area (Å²) < 4.78 is 4.85. The smallest absolute Gasteiger partial charge is 0.323 e. The quantitative estimate of drug-likeness (QED) is 0.510. The van der Waals surface area contributed by atoms with Gasteiger partial charge < -0.3 is 4.74 Å². The topological polar surface area (TPSA) is 75.7 Å². The van der Waals surface area contributed by atoms with Crippen molar-refractivity contribution in [1.82, 2.24) is 10.2 Å². The summed E-state index contributed by atoms with van der Waals surface area (Å²) in [4.78, 5) is 35.6. The number of amides is 2. The Morgan fingerprint density at radius 3 is 2.81 bits per heavy atom. The first-order chi connectivity index (χ1) is 7.47. The summed E-state index contributed by atoms with van der Waals surface area (Å²) in [6, 6.07) is -1.10. The van der Waals surface area contributed by atoms with E-state index in [4.69, 9.17) is 4.74 Å². The lowest BCUT2D eigenvalue weighted by molar-refractivity contribution is -0.153. The standard InChI is InChI=1S/C10H16N2O4/c1-4-16-10(15)7(3)12-5-8(13)11-9(14)6(12)2/h6-7H,4-5H2,1-3H3,(H,11,13,14). The van der Waals surface area contributed by atoms with E-state index in [0.29, 0.717) is 0 Å². The van der Waals surface area contributed by atoms with Gasteiger partial charge in [-0.3, -0.25) is 24.6 Å². The Morgan fingerprint density at radius 1 is 1.62 bits per heavy atom. The third-order valence-electron chi connectivity index (χ3n) is 2.59. The zero-order valence-electron chi connectivity index (χ0n) is 9.65. The molecule has 0 aromatic rings. The molecule has 6 heteroatoms. The zero-order chi connectivity index (χ0) is 12.3. The molecule has 0 radical (unpaired) electrons. The van der Waals surface area contributed by atoms with Gasteiger partial charge in [-0.15, -0.1) is 0 Å². The predicted octanol–water partition coefficient (Wildman–Crippen LogP) is -0.715. The second-order valence-corrected chi connectivity index (χ2v) is 3.69. The van der Waals surface area contributed by atoms with Crippen LogP contribution in [0.3, 0.4) is 0 Å². The molecule has 0 aromatic heterocycles. The molecule has 2 unspecified atom stereocenters. The van der Waals surface area contributed by atoms with Crippen LogP contribution >= 0.6 is 0 Å². The van der Waals surface area contributed by atoms with E-state index in [9.17, 15) is 14.4 Å². The molecule has 1 rings (SSSR count). The van der Waals surface area contributed by atoms with Crippen molar-refractivity contribution in [2.24, 2.45) is 0 Å². The molecule has 1 N–H and O–H groups in total. The Balaban J connectivity index is 2.73. The van der Waals surface area contributed by atoms with Crippen molar-refractivity contribution in [1.29, 1.82) is 0 Å². The summed E-state index contributed by atoms with van der Waals surface area (Å²) in [6.07, 6.45) is 0. The van der Waals surface area contributed by atoms with Crippen LogP contribution in [0.15, 0.2) is 0 Å². The van der Waals surface area contributed by atoms with Crippen LogP contribution in [0.1, 0.15) is 20.8 Å². The lowest BCUT2D eigenvalue weighted by Crippen LogP contribution is -2.60. The van der Waals surface area contributed by atoms with Crippen LogP contribution in [0.5, 0.6) is 0 Å². The Bertz CT molecular complexity index is 316. The van der Waals surface area contributed by atoms with Gasteiger partial charge >= 0.3 is 5.97 Å². The molecule has 0 saturated carbocycles. The molecule has 1 saturated heterocycles. The molecule has 0 bridgehead atoms. The highest BCUT2D eigenvalue weighted by Crippen LogP contribution is 2.10. The van der Waals surface area contributed by atoms with E-state index in [1.807, 2.05) is 0 Å². The summed E-state index contributed by atoms with van der Waals surface area (Å²) in [5.41, 5.74) is 0. The predicted molar refractivity (Wildman–Crippen MR) is 55.4 cm³/mol. The third kappa shape index (κ3) is 2.57. The second kappa shape index (κ2) is 5.07. The van der Waals surface area contributed by atoms with Gasteiger partial charge in [0.2, 0.25) is 11.8 Å². The number of ether oxygens (including phenoxy) is 1. The molecule has 16 heavy (non-hydrogen) atoms. The Kier molecular flexibility index (Phi) is 4.00. The van der Waals surface area contributed by atoms with Crippen LogP contribution in [0.25, 0.3) is 0 Å². The summed E-state index contributed by atoms with van der Waals surface area (Å²) in [7, 11) is 0. The number of nitrogens with zero attached hydrogens (tertiary/aromatic N) is 1. The zero-order valence-corrected chi connectivity index (χ0v) is 9.65. The van der Waals surface area contributed by atoms with Crippen molar-refractivity contribution in [3.05, 3.63) is 0 Å². The summed E-state index contributed by atoms with van der Waals surface area (Å²) in [5, 5.41) is 2.21. The number of nitrogens with one attached hydrogen (secondary N) is 1. The highest BCUT2D eigenvalue weighted by Gasteiger charge is 2.36. The van der Waals surface area contributed by atoms with Gasteiger partial charge in [-0.25, -0.2) is 0 Å². The molecule has 0 aliphatic carbocycles. The molecule has 1 aliphatic heterocycles. The molecule has 90 valence electrons. The number of hydrogen-bond donors (Lipinski definition) is 1.